The molecule has 0 nitrogen and oxygen atoms in total. The highest BCUT2D eigenvalue weighted by atomic mass is 14.1. The Labute approximate surface area is 70.0 Å². The zero-order chi connectivity index (χ0) is 8.10. The van der Waals surface area contributed by atoms with Crippen LogP contribution in [-0.2, 0) is 0 Å². The Morgan fingerprint density at radius 2 is 2.18 bits per heavy atom. The standard InChI is InChI=1S/C11H18/c1-3-7-11-9-6-5-8-10(11)4-2/h6,9H,3-5,7-8H2,1-2H3. The third-order valence-electron chi connectivity index (χ3n) is 2.33. The summed E-state index contributed by atoms with van der Waals surface area (Å²) in [6.07, 6.45) is 11.0. The second-order valence-electron chi connectivity index (χ2n) is 3.17. The summed E-state index contributed by atoms with van der Waals surface area (Å²) < 4.78 is 0. The summed E-state index contributed by atoms with van der Waals surface area (Å²) >= 11 is 0. The van der Waals surface area contributed by atoms with Crippen LogP contribution in [0.4, 0.5) is 0 Å². The lowest BCUT2D eigenvalue weighted by Crippen LogP contribution is -1.93. The Morgan fingerprint density at radius 1 is 1.36 bits per heavy atom. The molecule has 62 valence electrons. The van der Waals surface area contributed by atoms with Crippen molar-refractivity contribution in [2.24, 2.45) is 0 Å². The van der Waals surface area contributed by atoms with E-state index in [0.717, 1.165) is 0 Å². The molecule has 0 radical (unpaired) electrons. The first-order valence-electron chi connectivity index (χ1n) is 4.76. The first-order chi connectivity index (χ1) is 5.38. The third kappa shape index (κ3) is 2.21. The van der Waals surface area contributed by atoms with Gasteiger partial charge in [0.2, 0.25) is 0 Å². The van der Waals surface area contributed by atoms with Crippen molar-refractivity contribution in [3.05, 3.63) is 23.3 Å². The van der Waals surface area contributed by atoms with Gasteiger partial charge in [-0.15, -0.1) is 0 Å². The highest BCUT2D eigenvalue weighted by Gasteiger charge is 2.04. The van der Waals surface area contributed by atoms with Gasteiger partial charge in [-0.25, -0.2) is 0 Å². The fourth-order valence-electron chi connectivity index (χ4n) is 1.69. The van der Waals surface area contributed by atoms with Gasteiger partial charge in [-0.3, -0.25) is 0 Å². The molecule has 0 saturated heterocycles. The van der Waals surface area contributed by atoms with E-state index in [9.17, 15) is 0 Å². The van der Waals surface area contributed by atoms with Gasteiger partial charge in [-0.1, -0.05) is 38.0 Å². The molecule has 0 aromatic heterocycles. The summed E-state index contributed by atoms with van der Waals surface area (Å²) in [6.45, 7) is 4.52. The molecule has 0 saturated carbocycles. The predicted molar refractivity (Wildman–Crippen MR) is 50.6 cm³/mol. The Kier molecular flexibility index (Phi) is 3.41. The Bertz CT molecular complexity index is 172. The highest BCUT2D eigenvalue weighted by molar-refractivity contribution is 5.29. The second-order valence-corrected chi connectivity index (χ2v) is 3.17. The molecule has 0 aromatic rings. The van der Waals surface area contributed by atoms with Crippen LogP contribution < -0.4 is 0 Å². The Hall–Kier alpha value is -0.520. The van der Waals surface area contributed by atoms with Crippen LogP contribution in [0, 0.1) is 0 Å². The van der Waals surface area contributed by atoms with Crippen LogP contribution in [0.15, 0.2) is 23.3 Å². The number of rotatable bonds is 3. The quantitative estimate of drug-likeness (QED) is 0.573. The summed E-state index contributed by atoms with van der Waals surface area (Å²) in [5.41, 5.74) is 3.30. The molecular weight excluding hydrogens is 132 g/mol. The van der Waals surface area contributed by atoms with Crippen LogP contribution in [0.5, 0.6) is 0 Å². The predicted octanol–water partition coefficient (Wildman–Crippen LogP) is 3.84. The van der Waals surface area contributed by atoms with Crippen LogP contribution >= 0.6 is 0 Å². The topological polar surface area (TPSA) is 0 Å². The van der Waals surface area contributed by atoms with Crippen molar-refractivity contribution in [3.63, 3.8) is 0 Å². The van der Waals surface area contributed by atoms with Crippen LogP contribution in [0.25, 0.3) is 0 Å². The first-order valence-corrected chi connectivity index (χ1v) is 4.76. The van der Waals surface area contributed by atoms with Crippen molar-refractivity contribution >= 4 is 0 Å². The minimum Gasteiger partial charge on any atom is -0.0839 e. The molecule has 0 aromatic carbocycles. The lowest BCUT2D eigenvalue weighted by Gasteiger charge is -2.13. The Morgan fingerprint density at radius 3 is 2.82 bits per heavy atom. The molecule has 0 heteroatoms. The Balaban J connectivity index is 2.66. The molecule has 0 atom stereocenters. The largest absolute Gasteiger partial charge is 0.0839 e. The maximum Gasteiger partial charge on any atom is -0.0280 e. The van der Waals surface area contributed by atoms with E-state index in [1.54, 1.807) is 11.1 Å². The van der Waals surface area contributed by atoms with E-state index in [0.29, 0.717) is 0 Å². The van der Waals surface area contributed by atoms with Gasteiger partial charge in [0, 0.05) is 0 Å². The summed E-state index contributed by atoms with van der Waals surface area (Å²) in [4.78, 5) is 0. The highest BCUT2D eigenvalue weighted by Crippen LogP contribution is 2.24. The molecule has 0 spiro atoms. The molecule has 1 aliphatic rings. The van der Waals surface area contributed by atoms with E-state index in [2.05, 4.69) is 26.0 Å². The van der Waals surface area contributed by atoms with Gasteiger partial charge < -0.3 is 0 Å². The normalized spacial score (nSPS) is 17.6. The number of hydrogen-bond acceptors (Lipinski definition) is 0. The third-order valence-corrected chi connectivity index (χ3v) is 2.33. The van der Waals surface area contributed by atoms with Crippen molar-refractivity contribution in [2.75, 3.05) is 0 Å². The number of hydrogen-bond donors (Lipinski definition) is 0. The maximum atomic E-state index is 2.33. The monoisotopic (exact) mass is 150 g/mol. The average molecular weight is 150 g/mol. The van der Waals surface area contributed by atoms with E-state index >= 15 is 0 Å². The van der Waals surface area contributed by atoms with Gasteiger partial charge in [-0.2, -0.15) is 0 Å². The van der Waals surface area contributed by atoms with Crippen molar-refractivity contribution in [1.29, 1.82) is 0 Å². The summed E-state index contributed by atoms with van der Waals surface area (Å²) in [5, 5.41) is 0. The fourth-order valence-corrected chi connectivity index (χ4v) is 1.69. The van der Waals surface area contributed by atoms with E-state index in [1.807, 2.05) is 0 Å². The van der Waals surface area contributed by atoms with Gasteiger partial charge in [0.25, 0.3) is 0 Å². The van der Waals surface area contributed by atoms with Gasteiger partial charge in [0.1, 0.15) is 0 Å². The number of allylic oxidation sites excluding steroid dienone is 4. The lowest BCUT2D eigenvalue weighted by molar-refractivity contribution is 0.823. The zero-order valence-electron chi connectivity index (χ0n) is 7.69. The summed E-state index contributed by atoms with van der Waals surface area (Å²) in [7, 11) is 0. The molecule has 0 unspecified atom stereocenters. The molecule has 0 heterocycles. The van der Waals surface area contributed by atoms with Crippen molar-refractivity contribution in [3.8, 4) is 0 Å². The molecule has 0 aliphatic heterocycles. The minimum atomic E-state index is 1.25. The summed E-state index contributed by atoms with van der Waals surface area (Å²) in [6, 6.07) is 0. The van der Waals surface area contributed by atoms with Crippen LogP contribution in [0.1, 0.15) is 46.0 Å². The van der Waals surface area contributed by atoms with Gasteiger partial charge in [-0.05, 0) is 31.3 Å². The molecule has 0 amide bonds. The molecule has 11 heavy (non-hydrogen) atoms. The van der Waals surface area contributed by atoms with Crippen LogP contribution in [-0.4, -0.2) is 0 Å². The molecule has 1 rings (SSSR count). The second kappa shape index (κ2) is 4.38. The average Bonchev–Trinajstić information content (AvgIpc) is 2.06. The van der Waals surface area contributed by atoms with E-state index < -0.39 is 0 Å². The van der Waals surface area contributed by atoms with Gasteiger partial charge >= 0.3 is 0 Å². The lowest BCUT2D eigenvalue weighted by atomic mass is 9.93. The van der Waals surface area contributed by atoms with Gasteiger partial charge in [0.15, 0.2) is 0 Å². The molecular formula is C11H18. The molecule has 1 aliphatic carbocycles. The van der Waals surface area contributed by atoms with Crippen molar-refractivity contribution in [1.82, 2.24) is 0 Å². The fraction of sp³-hybridized carbons (Fsp3) is 0.636. The maximum absolute atomic E-state index is 2.33. The van der Waals surface area contributed by atoms with E-state index in [4.69, 9.17) is 0 Å². The molecule has 0 bridgehead atoms. The first kappa shape index (κ1) is 8.58. The molecule has 0 fully saturated rings. The minimum absolute atomic E-state index is 1.25. The zero-order valence-corrected chi connectivity index (χ0v) is 7.69. The molecule has 0 N–H and O–H groups in total. The van der Waals surface area contributed by atoms with Crippen LogP contribution in [0.3, 0.4) is 0 Å². The van der Waals surface area contributed by atoms with Crippen molar-refractivity contribution < 1.29 is 0 Å². The van der Waals surface area contributed by atoms with Crippen LogP contribution in [0.2, 0.25) is 0 Å². The summed E-state index contributed by atoms with van der Waals surface area (Å²) in [5.74, 6) is 0. The van der Waals surface area contributed by atoms with Crippen molar-refractivity contribution in [2.45, 2.75) is 46.0 Å². The van der Waals surface area contributed by atoms with Gasteiger partial charge in [0.05, 0.1) is 0 Å². The SMILES string of the molecule is CCCC1=C(CC)CCC=C1. The van der Waals surface area contributed by atoms with E-state index in [-0.39, 0.29) is 0 Å². The smallest absolute Gasteiger partial charge is 0.0280 e. The van der Waals surface area contributed by atoms with E-state index in [1.165, 1.54) is 32.1 Å².